The molecule has 1 fully saturated rings. The summed E-state index contributed by atoms with van der Waals surface area (Å²) in [5.41, 5.74) is 1.22. The number of amides is 1. The van der Waals surface area contributed by atoms with Crippen LogP contribution in [0.5, 0.6) is 0 Å². The fraction of sp³-hybridized carbons (Fsp3) is 0.625. The van der Waals surface area contributed by atoms with Gasteiger partial charge in [-0.25, -0.2) is 0 Å². The first kappa shape index (κ1) is 14.6. The largest absolute Gasteiger partial charge is 0.481 e. The van der Waals surface area contributed by atoms with E-state index < -0.39 is 11.4 Å². The SMILES string of the molecule is O=C(NCC1(C(=O)O)CCCC1)c1csc2c1CCCC2. The molecular formula is C16H21NO3S. The van der Waals surface area contributed by atoms with E-state index in [4.69, 9.17) is 0 Å². The monoisotopic (exact) mass is 307 g/mol. The van der Waals surface area contributed by atoms with Gasteiger partial charge in [0.2, 0.25) is 0 Å². The van der Waals surface area contributed by atoms with Crippen molar-refractivity contribution in [3.63, 3.8) is 0 Å². The predicted molar refractivity (Wildman–Crippen MR) is 81.8 cm³/mol. The van der Waals surface area contributed by atoms with Gasteiger partial charge >= 0.3 is 5.97 Å². The Balaban J connectivity index is 1.69. The number of hydrogen-bond donors (Lipinski definition) is 2. The Hall–Kier alpha value is -1.36. The number of hydrogen-bond acceptors (Lipinski definition) is 3. The number of rotatable bonds is 4. The summed E-state index contributed by atoms with van der Waals surface area (Å²) < 4.78 is 0. The predicted octanol–water partition coefficient (Wildman–Crippen LogP) is 3.00. The maximum Gasteiger partial charge on any atom is 0.311 e. The summed E-state index contributed by atoms with van der Waals surface area (Å²) in [6.07, 6.45) is 7.62. The normalized spacial score (nSPS) is 20.0. The summed E-state index contributed by atoms with van der Waals surface area (Å²) in [7, 11) is 0. The van der Waals surface area contributed by atoms with Crippen LogP contribution < -0.4 is 5.32 Å². The van der Waals surface area contributed by atoms with E-state index in [0.717, 1.165) is 37.7 Å². The van der Waals surface area contributed by atoms with E-state index in [2.05, 4.69) is 5.32 Å². The van der Waals surface area contributed by atoms with Gasteiger partial charge in [0.15, 0.2) is 0 Å². The van der Waals surface area contributed by atoms with E-state index in [-0.39, 0.29) is 12.5 Å². The lowest BCUT2D eigenvalue weighted by Crippen LogP contribution is -2.41. The maximum absolute atomic E-state index is 12.4. The number of fused-ring (bicyclic) bond motifs is 1. The summed E-state index contributed by atoms with van der Waals surface area (Å²) in [6, 6.07) is 0. The van der Waals surface area contributed by atoms with E-state index in [1.807, 2.05) is 5.38 Å². The molecule has 1 amide bonds. The van der Waals surface area contributed by atoms with Gasteiger partial charge in [-0.3, -0.25) is 9.59 Å². The number of aryl methyl sites for hydroxylation is 1. The standard InChI is InChI=1S/C16H21NO3S/c18-14(12-9-21-13-6-2-1-5-11(12)13)17-10-16(15(19)20)7-3-4-8-16/h9H,1-8,10H2,(H,17,18)(H,19,20). The lowest BCUT2D eigenvalue weighted by molar-refractivity contribution is -0.148. The molecule has 2 N–H and O–H groups in total. The zero-order chi connectivity index (χ0) is 14.9. The van der Waals surface area contributed by atoms with Gasteiger partial charge in [0.1, 0.15) is 0 Å². The van der Waals surface area contributed by atoms with Gasteiger partial charge in [-0.1, -0.05) is 12.8 Å². The molecule has 3 rings (SSSR count). The summed E-state index contributed by atoms with van der Waals surface area (Å²) in [5.74, 6) is -0.866. The quantitative estimate of drug-likeness (QED) is 0.898. The van der Waals surface area contributed by atoms with Gasteiger partial charge in [-0.15, -0.1) is 11.3 Å². The topological polar surface area (TPSA) is 66.4 Å². The summed E-state index contributed by atoms with van der Waals surface area (Å²) in [6.45, 7) is 0.256. The zero-order valence-electron chi connectivity index (χ0n) is 12.1. The van der Waals surface area contributed by atoms with Crippen molar-refractivity contribution in [1.29, 1.82) is 0 Å². The van der Waals surface area contributed by atoms with Crippen molar-refractivity contribution in [3.05, 3.63) is 21.4 Å². The molecule has 1 aromatic heterocycles. The third-order valence-corrected chi connectivity index (χ3v) is 6.00. The summed E-state index contributed by atoms with van der Waals surface area (Å²) in [4.78, 5) is 25.2. The van der Waals surface area contributed by atoms with Gasteiger partial charge in [0.05, 0.1) is 11.0 Å². The highest BCUT2D eigenvalue weighted by Gasteiger charge is 2.41. The average Bonchev–Trinajstić information content (AvgIpc) is 3.12. The minimum Gasteiger partial charge on any atom is -0.481 e. The van der Waals surface area contributed by atoms with Crippen molar-refractivity contribution in [2.45, 2.75) is 51.4 Å². The molecule has 1 saturated carbocycles. The molecular weight excluding hydrogens is 286 g/mol. The summed E-state index contributed by atoms with van der Waals surface area (Å²) >= 11 is 1.67. The van der Waals surface area contributed by atoms with Crippen molar-refractivity contribution in [1.82, 2.24) is 5.32 Å². The number of carbonyl (C=O) groups excluding carboxylic acids is 1. The minimum absolute atomic E-state index is 0.0954. The molecule has 0 spiro atoms. The molecule has 1 aromatic rings. The second-order valence-electron chi connectivity index (χ2n) is 6.23. The van der Waals surface area contributed by atoms with Crippen LogP contribution in [0, 0.1) is 5.41 Å². The molecule has 21 heavy (non-hydrogen) atoms. The Morgan fingerprint density at radius 3 is 2.62 bits per heavy atom. The smallest absolute Gasteiger partial charge is 0.311 e. The first-order valence-corrected chi connectivity index (χ1v) is 8.61. The number of carboxylic acid groups (broad SMARTS) is 1. The van der Waals surface area contributed by atoms with Gasteiger partial charge in [-0.2, -0.15) is 0 Å². The first-order chi connectivity index (χ1) is 10.1. The molecule has 0 unspecified atom stereocenters. The molecule has 0 aliphatic heterocycles. The van der Waals surface area contributed by atoms with Crippen LogP contribution in [0.1, 0.15) is 59.3 Å². The van der Waals surface area contributed by atoms with E-state index in [1.54, 1.807) is 11.3 Å². The Bertz CT molecular complexity index is 558. The van der Waals surface area contributed by atoms with Crippen LogP contribution >= 0.6 is 11.3 Å². The van der Waals surface area contributed by atoms with Crippen molar-refractivity contribution in [2.75, 3.05) is 6.54 Å². The highest BCUT2D eigenvalue weighted by molar-refractivity contribution is 7.10. The van der Waals surface area contributed by atoms with Crippen LogP contribution in [0.4, 0.5) is 0 Å². The summed E-state index contributed by atoms with van der Waals surface area (Å²) in [5, 5.41) is 14.3. The fourth-order valence-electron chi connectivity index (χ4n) is 3.55. The Morgan fingerprint density at radius 2 is 1.90 bits per heavy atom. The van der Waals surface area contributed by atoms with Crippen LogP contribution in [0.15, 0.2) is 5.38 Å². The number of carbonyl (C=O) groups is 2. The number of aliphatic carboxylic acids is 1. The third kappa shape index (κ3) is 2.71. The fourth-order valence-corrected chi connectivity index (χ4v) is 4.67. The number of nitrogens with one attached hydrogen (secondary N) is 1. The Kier molecular flexibility index (Phi) is 4.02. The number of carboxylic acids is 1. The van der Waals surface area contributed by atoms with Crippen LogP contribution in [0.2, 0.25) is 0 Å². The first-order valence-electron chi connectivity index (χ1n) is 7.73. The molecule has 0 bridgehead atoms. The van der Waals surface area contributed by atoms with Gasteiger partial charge in [-0.05, 0) is 44.1 Å². The third-order valence-electron chi connectivity index (χ3n) is 4.91. The lowest BCUT2D eigenvalue weighted by atomic mass is 9.86. The minimum atomic E-state index is -0.771. The second-order valence-corrected chi connectivity index (χ2v) is 7.20. The molecule has 0 radical (unpaired) electrons. The van der Waals surface area contributed by atoms with Crippen molar-refractivity contribution in [3.8, 4) is 0 Å². The van der Waals surface area contributed by atoms with Gasteiger partial charge in [0, 0.05) is 16.8 Å². The maximum atomic E-state index is 12.4. The van der Waals surface area contributed by atoms with E-state index in [0.29, 0.717) is 12.8 Å². The van der Waals surface area contributed by atoms with Crippen LogP contribution in [-0.2, 0) is 17.6 Å². The molecule has 114 valence electrons. The molecule has 1 heterocycles. The van der Waals surface area contributed by atoms with Gasteiger partial charge < -0.3 is 10.4 Å². The van der Waals surface area contributed by atoms with Gasteiger partial charge in [0.25, 0.3) is 5.91 Å². The second kappa shape index (κ2) is 5.79. The highest BCUT2D eigenvalue weighted by Crippen LogP contribution is 2.38. The van der Waals surface area contributed by atoms with Crippen LogP contribution in [-0.4, -0.2) is 23.5 Å². The van der Waals surface area contributed by atoms with Crippen LogP contribution in [0.25, 0.3) is 0 Å². The molecule has 2 aliphatic carbocycles. The average molecular weight is 307 g/mol. The van der Waals surface area contributed by atoms with Crippen molar-refractivity contribution >= 4 is 23.2 Å². The molecule has 0 atom stereocenters. The molecule has 0 saturated heterocycles. The lowest BCUT2D eigenvalue weighted by Gasteiger charge is -2.24. The van der Waals surface area contributed by atoms with Crippen molar-refractivity contribution in [2.24, 2.45) is 5.41 Å². The highest BCUT2D eigenvalue weighted by atomic mass is 32.1. The molecule has 2 aliphatic rings. The number of thiophene rings is 1. The molecule has 0 aromatic carbocycles. The van der Waals surface area contributed by atoms with E-state index in [9.17, 15) is 14.7 Å². The molecule has 5 heteroatoms. The van der Waals surface area contributed by atoms with E-state index >= 15 is 0 Å². The van der Waals surface area contributed by atoms with Crippen molar-refractivity contribution < 1.29 is 14.7 Å². The van der Waals surface area contributed by atoms with E-state index in [1.165, 1.54) is 16.9 Å². The Labute approximate surface area is 128 Å². The van der Waals surface area contributed by atoms with Crippen LogP contribution in [0.3, 0.4) is 0 Å². The Morgan fingerprint density at radius 1 is 1.19 bits per heavy atom. The zero-order valence-corrected chi connectivity index (χ0v) is 12.9. The molecule has 4 nitrogen and oxygen atoms in total.